The molecule has 5 nitrogen and oxygen atoms in total. The van der Waals surface area contributed by atoms with Gasteiger partial charge in [0.05, 0.1) is 5.41 Å². The van der Waals surface area contributed by atoms with Gasteiger partial charge >= 0.3 is 5.97 Å². The molecule has 5 heteroatoms. The maximum absolute atomic E-state index is 12.0. The van der Waals surface area contributed by atoms with E-state index in [9.17, 15) is 9.59 Å². The van der Waals surface area contributed by atoms with Crippen LogP contribution in [0.2, 0.25) is 0 Å². The number of ether oxygens (including phenoxy) is 1. The van der Waals surface area contributed by atoms with Crippen molar-refractivity contribution in [3.05, 3.63) is 35.9 Å². The fraction of sp³-hybridized carbons (Fsp3) is 0.429. The molecule has 1 rings (SSSR count). The van der Waals surface area contributed by atoms with E-state index in [1.54, 1.807) is 26.0 Å². The van der Waals surface area contributed by atoms with E-state index in [2.05, 4.69) is 5.32 Å². The maximum atomic E-state index is 12.0. The molecule has 104 valence electrons. The van der Waals surface area contributed by atoms with Crippen LogP contribution < -0.4 is 5.32 Å². The summed E-state index contributed by atoms with van der Waals surface area (Å²) in [4.78, 5) is 23.0. The van der Waals surface area contributed by atoms with Crippen LogP contribution in [0.3, 0.4) is 0 Å². The van der Waals surface area contributed by atoms with Crippen LogP contribution in [0.4, 0.5) is 0 Å². The number of carboxylic acids is 1. The minimum atomic E-state index is -1.01. The van der Waals surface area contributed by atoms with Gasteiger partial charge in [0.15, 0.2) is 6.10 Å². The van der Waals surface area contributed by atoms with E-state index in [4.69, 9.17) is 9.84 Å². The van der Waals surface area contributed by atoms with Crippen molar-refractivity contribution in [3.63, 3.8) is 0 Å². The molecule has 0 aliphatic carbocycles. The highest BCUT2D eigenvalue weighted by Gasteiger charge is 2.29. The monoisotopic (exact) mass is 265 g/mol. The Morgan fingerprint density at radius 3 is 2.37 bits per heavy atom. The second-order valence-corrected chi connectivity index (χ2v) is 4.93. The molecule has 0 bridgehead atoms. The van der Waals surface area contributed by atoms with Crippen LogP contribution in [0.25, 0.3) is 0 Å². The highest BCUT2D eigenvalue weighted by atomic mass is 16.5. The first-order chi connectivity index (χ1) is 8.88. The van der Waals surface area contributed by atoms with Crippen LogP contribution in [-0.4, -0.2) is 30.6 Å². The van der Waals surface area contributed by atoms with Crippen molar-refractivity contribution < 1.29 is 19.4 Å². The third-order valence-corrected chi connectivity index (χ3v) is 2.86. The van der Waals surface area contributed by atoms with E-state index in [0.29, 0.717) is 0 Å². The molecule has 0 saturated carbocycles. The summed E-state index contributed by atoms with van der Waals surface area (Å²) in [6, 6.07) is 9.06. The summed E-state index contributed by atoms with van der Waals surface area (Å²) in [5.74, 6) is -1.30. The number of hydrogen-bond acceptors (Lipinski definition) is 3. The Labute approximate surface area is 112 Å². The number of hydrogen-bond donors (Lipinski definition) is 2. The molecule has 1 atom stereocenters. The van der Waals surface area contributed by atoms with E-state index in [1.807, 2.05) is 18.2 Å². The number of carboxylic acid groups (broad SMARTS) is 1. The summed E-state index contributed by atoms with van der Waals surface area (Å²) in [5, 5.41) is 11.6. The molecule has 1 aromatic carbocycles. The summed E-state index contributed by atoms with van der Waals surface area (Å²) < 4.78 is 5.16. The van der Waals surface area contributed by atoms with Gasteiger partial charge in [0.2, 0.25) is 0 Å². The molecule has 0 spiro atoms. The lowest BCUT2D eigenvalue weighted by Gasteiger charge is -2.22. The largest absolute Gasteiger partial charge is 0.481 e. The molecule has 0 heterocycles. The molecule has 0 saturated heterocycles. The van der Waals surface area contributed by atoms with Crippen molar-refractivity contribution >= 4 is 11.9 Å². The number of aliphatic carboxylic acids is 1. The highest BCUT2D eigenvalue weighted by Crippen LogP contribution is 2.18. The number of benzene rings is 1. The summed E-state index contributed by atoms with van der Waals surface area (Å²) >= 11 is 0. The molecular formula is C14H19NO4. The van der Waals surface area contributed by atoms with Gasteiger partial charge in [0.25, 0.3) is 5.91 Å². The zero-order valence-corrected chi connectivity index (χ0v) is 11.3. The Balaban J connectivity index is 2.69. The van der Waals surface area contributed by atoms with Crippen LogP contribution in [0.1, 0.15) is 25.5 Å². The van der Waals surface area contributed by atoms with Gasteiger partial charge in [0.1, 0.15) is 0 Å². The van der Waals surface area contributed by atoms with Crippen molar-refractivity contribution in [1.29, 1.82) is 0 Å². The van der Waals surface area contributed by atoms with E-state index >= 15 is 0 Å². The second-order valence-electron chi connectivity index (χ2n) is 4.93. The van der Waals surface area contributed by atoms with Crippen molar-refractivity contribution in [1.82, 2.24) is 5.32 Å². The lowest BCUT2D eigenvalue weighted by atomic mass is 9.94. The zero-order valence-electron chi connectivity index (χ0n) is 11.3. The molecule has 0 radical (unpaired) electrons. The summed E-state index contributed by atoms with van der Waals surface area (Å²) in [6.45, 7) is 3.16. The average Bonchev–Trinajstić information content (AvgIpc) is 2.38. The van der Waals surface area contributed by atoms with Crippen LogP contribution in [0.15, 0.2) is 30.3 Å². The van der Waals surface area contributed by atoms with Gasteiger partial charge in [-0.05, 0) is 19.4 Å². The average molecular weight is 265 g/mol. The number of methoxy groups -OCH3 is 1. The molecule has 19 heavy (non-hydrogen) atoms. The van der Waals surface area contributed by atoms with E-state index in [1.165, 1.54) is 7.11 Å². The first kappa shape index (κ1) is 15.2. The fourth-order valence-corrected chi connectivity index (χ4v) is 1.50. The minimum absolute atomic E-state index is 0.0495. The predicted molar refractivity (Wildman–Crippen MR) is 70.6 cm³/mol. The van der Waals surface area contributed by atoms with Crippen molar-refractivity contribution in [2.45, 2.75) is 20.0 Å². The Kier molecular flexibility index (Phi) is 5.06. The lowest BCUT2D eigenvalue weighted by molar-refractivity contribution is -0.147. The van der Waals surface area contributed by atoms with Gasteiger partial charge in [0, 0.05) is 13.7 Å². The lowest BCUT2D eigenvalue weighted by Crippen LogP contribution is -2.41. The standard InChI is InChI=1S/C14H19NO4/c1-14(2,13(17)18)9-15-12(16)11(19-3)10-7-5-4-6-8-10/h4-8,11H,9H2,1-3H3,(H,15,16)(H,17,18)/t11-/m1/s1. The predicted octanol–water partition coefficient (Wildman–Crippen LogP) is 1.60. The quantitative estimate of drug-likeness (QED) is 0.819. The van der Waals surface area contributed by atoms with Gasteiger partial charge in [-0.25, -0.2) is 0 Å². The first-order valence-corrected chi connectivity index (χ1v) is 5.97. The number of nitrogens with one attached hydrogen (secondary N) is 1. The van der Waals surface area contributed by atoms with Gasteiger partial charge < -0.3 is 15.2 Å². The van der Waals surface area contributed by atoms with Crippen LogP contribution in [0, 0.1) is 5.41 Å². The van der Waals surface area contributed by atoms with E-state index in [0.717, 1.165) is 5.56 Å². The van der Waals surface area contributed by atoms with Crippen molar-refractivity contribution in [2.75, 3.05) is 13.7 Å². The van der Waals surface area contributed by atoms with Gasteiger partial charge in [-0.15, -0.1) is 0 Å². The minimum Gasteiger partial charge on any atom is -0.481 e. The molecule has 0 unspecified atom stereocenters. The first-order valence-electron chi connectivity index (χ1n) is 5.97. The Bertz CT molecular complexity index is 442. The fourth-order valence-electron chi connectivity index (χ4n) is 1.50. The van der Waals surface area contributed by atoms with Crippen LogP contribution in [-0.2, 0) is 14.3 Å². The van der Waals surface area contributed by atoms with Gasteiger partial charge in [-0.3, -0.25) is 9.59 Å². The molecule has 2 N–H and O–H groups in total. The maximum Gasteiger partial charge on any atom is 0.310 e. The number of carbonyl (C=O) groups is 2. The number of amides is 1. The molecule has 1 amide bonds. The topological polar surface area (TPSA) is 75.6 Å². The normalized spacial score (nSPS) is 12.8. The smallest absolute Gasteiger partial charge is 0.310 e. The van der Waals surface area contributed by atoms with Crippen LogP contribution in [0.5, 0.6) is 0 Å². The highest BCUT2D eigenvalue weighted by molar-refractivity contribution is 5.83. The van der Waals surface area contributed by atoms with Gasteiger partial charge in [-0.1, -0.05) is 30.3 Å². The van der Waals surface area contributed by atoms with E-state index in [-0.39, 0.29) is 12.5 Å². The number of carbonyl (C=O) groups excluding carboxylic acids is 1. The molecule has 0 fully saturated rings. The summed E-state index contributed by atoms with van der Waals surface area (Å²) in [5.41, 5.74) is -0.277. The van der Waals surface area contributed by atoms with Crippen molar-refractivity contribution in [2.24, 2.45) is 5.41 Å². The molecule has 0 aliphatic rings. The third-order valence-electron chi connectivity index (χ3n) is 2.86. The van der Waals surface area contributed by atoms with Gasteiger partial charge in [-0.2, -0.15) is 0 Å². The number of rotatable bonds is 6. The third kappa shape index (κ3) is 4.06. The Hall–Kier alpha value is -1.88. The molecule has 0 aromatic heterocycles. The zero-order chi connectivity index (χ0) is 14.5. The van der Waals surface area contributed by atoms with E-state index < -0.39 is 17.5 Å². The molecule has 0 aliphatic heterocycles. The molecule has 1 aromatic rings. The van der Waals surface area contributed by atoms with Crippen molar-refractivity contribution in [3.8, 4) is 0 Å². The second kappa shape index (κ2) is 6.33. The summed E-state index contributed by atoms with van der Waals surface area (Å²) in [6.07, 6.45) is -0.731. The van der Waals surface area contributed by atoms with Crippen LogP contribution >= 0.6 is 0 Å². The Morgan fingerprint density at radius 2 is 1.89 bits per heavy atom. The Morgan fingerprint density at radius 1 is 1.32 bits per heavy atom. The summed E-state index contributed by atoms with van der Waals surface area (Å²) in [7, 11) is 1.44. The molecular weight excluding hydrogens is 246 g/mol. The SMILES string of the molecule is CO[C@@H](C(=O)NCC(C)(C)C(=O)O)c1ccccc1.